The van der Waals surface area contributed by atoms with Crippen LogP contribution in [0.1, 0.15) is 65.4 Å². The van der Waals surface area contributed by atoms with Crippen molar-refractivity contribution in [3.8, 4) is 0 Å². The number of carbonyl (C=O) groups is 7. The molecule has 2 rings (SSSR count). The summed E-state index contributed by atoms with van der Waals surface area (Å²) in [5.41, 5.74) is 1.10. The number of nitrogens with zero attached hydrogens (tertiary/aromatic N) is 1. The summed E-state index contributed by atoms with van der Waals surface area (Å²) < 4.78 is 5.06. The van der Waals surface area contributed by atoms with Crippen molar-refractivity contribution in [1.82, 2.24) is 20.9 Å². The summed E-state index contributed by atoms with van der Waals surface area (Å²) in [6.07, 6.45) is 0.154. The van der Waals surface area contributed by atoms with E-state index in [9.17, 15) is 33.6 Å². The predicted octanol–water partition coefficient (Wildman–Crippen LogP) is 1.58. The molecule has 1 saturated heterocycles. The highest BCUT2D eigenvalue weighted by Crippen LogP contribution is 2.18. The molecule has 1 aliphatic heterocycles. The van der Waals surface area contributed by atoms with Crippen LogP contribution in [0.25, 0.3) is 0 Å². The highest BCUT2D eigenvalue weighted by atomic mass is 16.5. The monoisotopic (exact) mass is 617 g/mol. The average Bonchev–Trinajstić information content (AvgIpc) is 3.00. The molecule has 0 radical (unpaired) electrons. The Balaban J connectivity index is 1.78. The number of carboxylic acid groups (broad SMARTS) is 1. The van der Waals surface area contributed by atoms with Crippen molar-refractivity contribution in [2.24, 2.45) is 11.8 Å². The lowest BCUT2D eigenvalue weighted by molar-refractivity contribution is -0.145. The zero-order chi connectivity index (χ0) is 32.8. The number of ether oxygens (including phenoxy) is 1. The molecule has 1 aliphatic rings. The third-order valence-corrected chi connectivity index (χ3v) is 7.20. The number of rotatable bonds is 15. The number of carbonyl (C=O) groups excluding carboxylic acids is 6. The zero-order valence-electron chi connectivity index (χ0n) is 25.6. The topological polar surface area (TPSA) is 200 Å². The number of Topliss-reactive ketones (excluding diaryl/α,β-unsaturated/α-hetero) is 1. The lowest BCUT2D eigenvalue weighted by Crippen LogP contribution is -2.53. The van der Waals surface area contributed by atoms with Gasteiger partial charge in [0.15, 0.2) is 5.78 Å². The van der Waals surface area contributed by atoms with Crippen LogP contribution in [-0.2, 0) is 40.1 Å². The van der Waals surface area contributed by atoms with Gasteiger partial charge in [0.05, 0.1) is 12.5 Å². The van der Waals surface area contributed by atoms with Crippen LogP contribution in [0.2, 0.25) is 0 Å². The fraction of sp³-hybridized carbons (Fsp3) is 0.567. The fourth-order valence-electron chi connectivity index (χ4n) is 4.33. The van der Waals surface area contributed by atoms with Crippen molar-refractivity contribution in [1.29, 1.82) is 0 Å². The summed E-state index contributed by atoms with van der Waals surface area (Å²) in [5, 5.41) is 19.4. The molecule has 14 nitrogen and oxygen atoms in total. The van der Waals surface area contributed by atoms with Gasteiger partial charge in [0.25, 0.3) is 0 Å². The normalized spacial score (nSPS) is 14.6. The Bertz CT molecular complexity index is 1190. The van der Waals surface area contributed by atoms with Crippen LogP contribution in [0, 0.1) is 11.8 Å². The van der Waals surface area contributed by atoms with E-state index in [0.29, 0.717) is 43.6 Å². The van der Waals surface area contributed by atoms with E-state index in [4.69, 9.17) is 9.84 Å². The Morgan fingerprint density at radius 1 is 0.932 bits per heavy atom. The molecule has 0 aromatic heterocycles. The second-order valence-electron chi connectivity index (χ2n) is 11.0. The van der Waals surface area contributed by atoms with Gasteiger partial charge in [-0.05, 0) is 43.4 Å². The Morgan fingerprint density at radius 2 is 1.57 bits per heavy atom. The summed E-state index contributed by atoms with van der Waals surface area (Å²) >= 11 is 0. The number of piperidine rings is 1. The van der Waals surface area contributed by atoms with Gasteiger partial charge in [-0.2, -0.15) is 0 Å². The summed E-state index contributed by atoms with van der Waals surface area (Å²) in [4.78, 5) is 86.3. The molecule has 1 fully saturated rings. The number of aliphatic carboxylic acids is 1. The second kappa shape index (κ2) is 17.6. The summed E-state index contributed by atoms with van der Waals surface area (Å²) in [6, 6.07) is 4.64. The first-order valence-corrected chi connectivity index (χ1v) is 14.7. The van der Waals surface area contributed by atoms with Crippen LogP contribution in [0.5, 0.6) is 0 Å². The molecule has 1 aromatic carbocycles. The van der Waals surface area contributed by atoms with Crippen molar-refractivity contribution in [3.63, 3.8) is 0 Å². The number of carboxylic acids is 1. The number of ketones is 1. The first kappa shape index (κ1) is 35.7. The van der Waals surface area contributed by atoms with Crippen molar-refractivity contribution in [3.05, 3.63) is 29.8 Å². The molecule has 0 unspecified atom stereocenters. The first-order chi connectivity index (χ1) is 20.8. The van der Waals surface area contributed by atoms with E-state index in [0.717, 1.165) is 0 Å². The van der Waals surface area contributed by atoms with Gasteiger partial charge in [-0.1, -0.05) is 32.9 Å². The van der Waals surface area contributed by atoms with E-state index in [1.165, 1.54) is 6.92 Å². The van der Waals surface area contributed by atoms with E-state index in [2.05, 4.69) is 21.3 Å². The molecule has 44 heavy (non-hydrogen) atoms. The van der Waals surface area contributed by atoms with Crippen molar-refractivity contribution in [2.75, 3.05) is 25.0 Å². The molecule has 0 bridgehead atoms. The van der Waals surface area contributed by atoms with Gasteiger partial charge in [-0.3, -0.25) is 28.8 Å². The first-order valence-electron chi connectivity index (χ1n) is 14.7. The minimum atomic E-state index is -0.937. The van der Waals surface area contributed by atoms with Gasteiger partial charge < -0.3 is 36.0 Å². The number of hydrogen-bond acceptors (Lipinski definition) is 8. The molecule has 1 aromatic rings. The highest BCUT2D eigenvalue weighted by molar-refractivity contribution is 5.98. The van der Waals surface area contributed by atoms with Gasteiger partial charge >= 0.3 is 12.1 Å². The minimum absolute atomic E-state index is 0.0330. The SMILES string of the molecule is CCC(=O)CNC(=O)OCc1ccc(NC(=O)[C@H](C)NC(=O)[C@@H](NC(=O)CCC(=O)N2CCC(C(=O)O)CC2)C(C)C)cc1. The number of likely N-dealkylation sites (tertiary alicyclic amines) is 1. The number of amides is 5. The lowest BCUT2D eigenvalue weighted by Gasteiger charge is -2.30. The molecule has 0 spiro atoms. The maximum atomic E-state index is 12.9. The van der Waals surface area contributed by atoms with Crippen LogP contribution >= 0.6 is 0 Å². The standard InChI is InChI=1S/C30H43N5O9/c1-5-23(36)16-31-30(43)44-17-20-6-8-22(9-7-20)33-27(39)19(4)32-28(40)26(18(2)3)34-24(37)10-11-25(38)35-14-12-21(13-15-35)29(41)42/h6-9,18-19,21,26H,5,10-17H2,1-4H3,(H,31,43)(H,32,40)(H,33,39)(H,34,37)(H,41,42)/t19-,26-/m0/s1. The van der Waals surface area contributed by atoms with E-state index < -0.39 is 47.8 Å². The lowest BCUT2D eigenvalue weighted by atomic mass is 9.97. The van der Waals surface area contributed by atoms with Crippen LogP contribution < -0.4 is 21.3 Å². The molecule has 2 atom stereocenters. The van der Waals surface area contributed by atoms with Crippen LogP contribution in [0.3, 0.4) is 0 Å². The molecule has 1 heterocycles. The average molecular weight is 618 g/mol. The second-order valence-corrected chi connectivity index (χ2v) is 11.0. The number of hydrogen-bond donors (Lipinski definition) is 5. The van der Waals surface area contributed by atoms with Gasteiger partial charge in [0, 0.05) is 38.0 Å². The van der Waals surface area contributed by atoms with Crippen LogP contribution in [0.4, 0.5) is 10.5 Å². The van der Waals surface area contributed by atoms with Gasteiger partial charge in [0.2, 0.25) is 23.6 Å². The maximum Gasteiger partial charge on any atom is 0.407 e. The minimum Gasteiger partial charge on any atom is -0.481 e. The zero-order valence-corrected chi connectivity index (χ0v) is 25.6. The molecule has 14 heteroatoms. The number of alkyl carbamates (subject to hydrolysis) is 1. The third-order valence-electron chi connectivity index (χ3n) is 7.20. The molecule has 242 valence electrons. The van der Waals surface area contributed by atoms with E-state index in [-0.39, 0.29) is 43.6 Å². The molecule has 0 saturated carbocycles. The van der Waals surface area contributed by atoms with Crippen molar-refractivity contribution in [2.45, 2.75) is 78.5 Å². The number of anilines is 1. The molecule has 0 aliphatic carbocycles. The largest absolute Gasteiger partial charge is 0.481 e. The number of nitrogens with one attached hydrogen (secondary N) is 4. The number of benzene rings is 1. The molecular weight excluding hydrogens is 574 g/mol. The quantitative estimate of drug-likeness (QED) is 0.194. The summed E-state index contributed by atoms with van der Waals surface area (Å²) in [7, 11) is 0. The summed E-state index contributed by atoms with van der Waals surface area (Å²) in [5.74, 6) is -3.53. The fourth-order valence-corrected chi connectivity index (χ4v) is 4.33. The van der Waals surface area contributed by atoms with Crippen LogP contribution in [0.15, 0.2) is 24.3 Å². The molecule has 5 N–H and O–H groups in total. The predicted molar refractivity (Wildman–Crippen MR) is 159 cm³/mol. The highest BCUT2D eigenvalue weighted by Gasteiger charge is 2.29. The third kappa shape index (κ3) is 12.0. The van der Waals surface area contributed by atoms with Crippen LogP contribution in [-0.4, -0.2) is 83.2 Å². The smallest absolute Gasteiger partial charge is 0.407 e. The summed E-state index contributed by atoms with van der Waals surface area (Å²) in [6.45, 7) is 7.21. The van der Waals surface area contributed by atoms with Gasteiger partial charge in [-0.15, -0.1) is 0 Å². The maximum absolute atomic E-state index is 12.9. The Morgan fingerprint density at radius 3 is 2.14 bits per heavy atom. The molecular formula is C30H43N5O9. The Kier molecular flexibility index (Phi) is 14.3. The van der Waals surface area contributed by atoms with E-state index in [1.807, 2.05) is 0 Å². The van der Waals surface area contributed by atoms with Gasteiger partial charge in [0.1, 0.15) is 18.7 Å². The Labute approximate surface area is 256 Å². The Hall–Kier alpha value is -4.49. The van der Waals surface area contributed by atoms with E-state index >= 15 is 0 Å². The molecule has 5 amide bonds. The van der Waals surface area contributed by atoms with Crippen molar-refractivity contribution < 1.29 is 43.4 Å². The van der Waals surface area contributed by atoms with E-state index in [1.54, 1.807) is 49.9 Å². The van der Waals surface area contributed by atoms with Gasteiger partial charge in [-0.25, -0.2) is 4.79 Å². The van der Waals surface area contributed by atoms with Crippen molar-refractivity contribution >= 4 is 47.2 Å².